The normalized spacial score (nSPS) is 10.5. The molecule has 4 nitrogen and oxygen atoms in total. The summed E-state index contributed by atoms with van der Waals surface area (Å²) in [5.74, 6) is 1.47. The van der Waals surface area contributed by atoms with Gasteiger partial charge in [0, 0.05) is 12.2 Å². The van der Waals surface area contributed by atoms with Crippen LogP contribution < -0.4 is 20.3 Å². The molecule has 0 heterocycles. The lowest BCUT2D eigenvalue weighted by atomic mass is 10.2. The van der Waals surface area contributed by atoms with E-state index in [1.54, 1.807) is 0 Å². The molecule has 31 heavy (non-hydrogen) atoms. The predicted molar refractivity (Wildman–Crippen MR) is 125 cm³/mol. The third kappa shape index (κ3) is 6.36. The minimum Gasteiger partial charge on any atom is -0.485 e. The van der Waals surface area contributed by atoms with Gasteiger partial charge in [-0.2, -0.15) is 0 Å². The fourth-order valence-corrected chi connectivity index (χ4v) is 3.13. The maximum Gasteiger partial charge on any atom is 0.162 e. The van der Waals surface area contributed by atoms with Crippen molar-refractivity contribution in [2.45, 2.75) is 19.8 Å². The van der Waals surface area contributed by atoms with Gasteiger partial charge in [-0.3, -0.25) is 0 Å². The van der Waals surface area contributed by atoms with E-state index in [1.165, 1.54) is 0 Å². The zero-order valence-electron chi connectivity index (χ0n) is 17.3. The Labute approximate surface area is 183 Å². The lowest BCUT2D eigenvalue weighted by Crippen LogP contribution is -2.20. The van der Waals surface area contributed by atoms with Crippen LogP contribution >= 0.6 is 0 Å². The molecule has 2 N–H and O–H groups in total. The summed E-state index contributed by atoms with van der Waals surface area (Å²) < 4.78 is 12.2. The third-order valence-electron chi connectivity index (χ3n) is 4.78. The van der Waals surface area contributed by atoms with Crippen molar-refractivity contribution in [3.05, 3.63) is 126 Å². The summed E-state index contributed by atoms with van der Waals surface area (Å²) in [6.45, 7) is 1.63. The lowest BCUT2D eigenvalue weighted by Gasteiger charge is -2.15. The van der Waals surface area contributed by atoms with Crippen molar-refractivity contribution in [2.24, 2.45) is 0 Å². The molecular formula is C27H26N2O2. The van der Waals surface area contributed by atoms with Crippen molar-refractivity contribution in [3.63, 3.8) is 0 Å². The van der Waals surface area contributed by atoms with Gasteiger partial charge >= 0.3 is 0 Å². The van der Waals surface area contributed by atoms with Crippen molar-refractivity contribution in [2.75, 3.05) is 5.43 Å². The minimum absolute atomic E-state index is 0.488. The van der Waals surface area contributed by atoms with Gasteiger partial charge in [0.15, 0.2) is 11.5 Å². The topological polar surface area (TPSA) is 42.5 Å². The van der Waals surface area contributed by atoms with Crippen LogP contribution in [0.2, 0.25) is 0 Å². The molecule has 0 fully saturated rings. The van der Waals surface area contributed by atoms with Gasteiger partial charge in [-0.1, -0.05) is 84.9 Å². The Morgan fingerprint density at radius 1 is 0.516 bits per heavy atom. The van der Waals surface area contributed by atoms with Gasteiger partial charge in [0.25, 0.3) is 0 Å². The number of hydrazine groups is 1. The fraction of sp³-hybridized carbons (Fsp3) is 0.111. The molecule has 0 spiro atoms. The summed E-state index contributed by atoms with van der Waals surface area (Å²) in [5, 5.41) is 0. The molecule has 4 rings (SSSR count). The van der Waals surface area contributed by atoms with E-state index in [2.05, 4.69) is 41.2 Å². The monoisotopic (exact) mass is 410 g/mol. The van der Waals surface area contributed by atoms with Crippen LogP contribution in [-0.2, 0) is 19.8 Å². The van der Waals surface area contributed by atoms with E-state index >= 15 is 0 Å². The van der Waals surface area contributed by atoms with Crippen LogP contribution in [0.4, 0.5) is 5.69 Å². The molecule has 0 aliphatic carbocycles. The zero-order chi connectivity index (χ0) is 21.1. The van der Waals surface area contributed by atoms with E-state index in [0.717, 1.165) is 33.9 Å². The van der Waals surface area contributed by atoms with E-state index < -0.39 is 0 Å². The van der Waals surface area contributed by atoms with Crippen LogP contribution in [0.25, 0.3) is 0 Å². The number of ether oxygens (including phenoxy) is 2. The maximum atomic E-state index is 6.14. The lowest BCUT2D eigenvalue weighted by molar-refractivity contribution is 0.255. The van der Waals surface area contributed by atoms with Crippen molar-refractivity contribution < 1.29 is 9.47 Å². The Hall–Kier alpha value is -3.76. The Bertz CT molecular complexity index is 1050. The summed E-state index contributed by atoms with van der Waals surface area (Å²) in [6.07, 6.45) is 0. The summed E-state index contributed by atoms with van der Waals surface area (Å²) in [6, 6.07) is 36.4. The van der Waals surface area contributed by atoms with Crippen LogP contribution in [0.15, 0.2) is 109 Å². The third-order valence-corrected chi connectivity index (χ3v) is 4.78. The van der Waals surface area contributed by atoms with E-state index in [0.29, 0.717) is 19.8 Å². The van der Waals surface area contributed by atoms with Gasteiger partial charge in [-0.05, 0) is 41.0 Å². The first-order valence-electron chi connectivity index (χ1n) is 10.4. The quantitative estimate of drug-likeness (QED) is 0.317. The SMILES string of the molecule is c1ccc(COc2ccc(CNNc3ccccc3)cc2OCc2ccccc2)cc1. The first kappa shape index (κ1) is 20.5. The first-order chi connectivity index (χ1) is 15.4. The van der Waals surface area contributed by atoms with E-state index in [-0.39, 0.29) is 0 Å². The molecule has 0 aliphatic heterocycles. The van der Waals surface area contributed by atoms with Crippen LogP contribution in [-0.4, -0.2) is 0 Å². The molecule has 0 aliphatic rings. The van der Waals surface area contributed by atoms with Crippen molar-refractivity contribution >= 4 is 5.69 Å². The number of benzene rings is 4. The molecule has 0 saturated carbocycles. The molecule has 0 bridgehead atoms. The molecule has 4 aromatic rings. The van der Waals surface area contributed by atoms with Gasteiger partial charge in [0.05, 0.1) is 0 Å². The smallest absolute Gasteiger partial charge is 0.162 e. The van der Waals surface area contributed by atoms with Crippen LogP contribution in [0.1, 0.15) is 16.7 Å². The van der Waals surface area contributed by atoms with Crippen molar-refractivity contribution in [3.8, 4) is 11.5 Å². The second kappa shape index (κ2) is 10.9. The number of anilines is 1. The molecule has 0 amide bonds. The van der Waals surface area contributed by atoms with Gasteiger partial charge in [-0.15, -0.1) is 0 Å². The van der Waals surface area contributed by atoms with E-state index in [9.17, 15) is 0 Å². The Kier molecular flexibility index (Phi) is 7.18. The van der Waals surface area contributed by atoms with Gasteiger partial charge in [0.1, 0.15) is 13.2 Å². The first-order valence-corrected chi connectivity index (χ1v) is 10.4. The largest absolute Gasteiger partial charge is 0.485 e. The second-order valence-electron chi connectivity index (χ2n) is 7.17. The number of nitrogens with one attached hydrogen (secondary N) is 2. The van der Waals surface area contributed by atoms with E-state index in [4.69, 9.17) is 9.47 Å². The average Bonchev–Trinajstić information content (AvgIpc) is 2.84. The average molecular weight is 411 g/mol. The number of hydrogen-bond acceptors (Lipinski definition) is 4. The maximum absolute atomic E-state index is 6.14. The van der Waals surface area contributed by atoms with Crippen LogP contribution in [0, 0.1) is 0 Å². The van der Waals surface area contributed by atoms with Crippen molar-refractivity contribution in [1.29, 1.82) is 0 Å². The Morgan fingerprint density at radius 2 is 1.06 bits per heavy atom. The highest BCUT2D eigenvalue weighted by molar-refractivity contribution is 5.44. The van der Waals surface area contributed by atoms with Gasteiger partial charge in [-0.25, -0.2) is 5.43 Å². The molecule has 0 radical (unpaired) electrons. The zero-order valence-corrected chi connectivity index (χ0v) is 17.3. The molecule has 0 atom stereocenters. The van der Waals surface area contributed by atoms with Gasteiger partial charge < -0.3 is 14.9 Å². The van der Waals surface area contributed by atoms with Crippen LogP contribution in [0.3, 0.4) is 0 Å². The molecular weight excluding hydrogens is 384 g/mol. The summed E-state index contributed by atoms with van der Waals surface area (Å²) in [4.78, 5) is 0. The highest BCUT2D eigenvalue weighted by atomic mass is 16.5. The summed E-state index contributed by atoms with van der Waals surface area (Å²) in [7, 11) is 0. The summed E-state index contributed by atoms with van der Waals surface area (Å²) >= 11 is 0. The number of para-hydroxylation sites is 1. The Balaban J connectivity index is 1.43. The molecule has 0 saturated heterocycles. The summed E-state index contributed by atoms with van der Waals surface area (Å²) in [5.41, 5.74) is 10.8. The van der Waals surface area contributed by atoms with E-state index in [1.807, 2.05) is 78.9 Å². The predicted octanol–water partition coefficient (Wildman–Crippen LogP) is 5.96. The number of rotatable bonds is 10. The standard InChI is InChI=1S/C27H26N2O2/c1-4-10-22(11-5-1)20-30-26-17-16-24(19-28-29-25-14-8-3-9-15-25)18-27(26)31-21-23-12-6-2-7-13-23/h1-18,28-29H,19-21H2. The Morgan fingerprint density at radius 3 is 1.68 bits per heavy atom. The molecule has 0 aromatic heterocycles. The molecule has 4 heteroatoms. The number of hydrogen-bond donors (Lipinski definition) is 2. The molecule has 156 valence electrons. The molecule has 0 unspecified atom stereocenters. The second-order valence-corrected chi connectivity index (χ2v) is 7.17. The fourth-order valence-electron chi connectivity index (χ4n) is 3.13. The molecule has 4 aromatic carbocycles. The minimum atomic E-state index is 0.488. The van der Waals surface area contributed by atoms with Crippen LogP contribution in [0.5, 0.6) is 11.5 Å². The highest BCUT2D eigenvalue weighted by Gasteiger charge is 2.08. The van der Waals surface area contributed by atoms with Crippen molar-refractivity contribution in [1.82, 2.24) is 5.43 Å². The van der Waals surface area contributed by atoms with Gasteiger partial charge in [0.2, 0.25) is 0 Å². The highest BCUT2D eigenvalue weighted by Crippen LogP contribution is 2.30.